The molecule has 0 radical (unpaired) electrons. The normalized spacial score (nSPS) is 11.3. The van der Waals surface area contributed by atoms with Crippen molar-refractivity contribution in [1.82, 2.24) is 9.99 Å². The van der Waals surface area contributed by atoms with Gasteiger partial charge in [0.15, 0.2) is 5.76 Å². The Bertz CT molecular complexity index is 1350. The fraction of sp³-hybridized carbons (Fsp3) is 0.200. The van der Waals surface area contributed by atoms with Crippen molar-refractivity contribution in [2.45, 2.75) is 20.8 Å². The first kappa shape index (κ1) is 22.5. The zero-order chi connectivity index (χ0) is 23.5. The van der Waals surface area contributed by atoms with Crippen LogP contribution in [0.25, 0.3) is 16.7 Å². The van der Waals surface area contributed by atoms with Gasteiger partial charge in [0.25, 0.3) is 0 Å². The zero-order valence-electron chi connectivity index (χ0n) is 18.8. The number of hydrogen-bond donors (Lipinski definition) is 1. The van der Waals surface area contributed by atoms with Crippen LogP contribution in [-0.2, 0) is 0 Å². The summed E-state index contributed by atoms with van der Waals surface area (Å²) in [4.78, 5) is 12.5. The van der Waals surface area contributed by atoms with Gasteiger partial charge >= 0.3 is 5.91 Å². The number of halogens is 1. The van der Waals surface area contributed by atoms with Crippen molar-refractivity contribution in [3.63, 3.8) is 0 Å². The number of carbonyl (C=O) groups is 1. The maximum Gasteiger partial charge on any atom is 0.307 e. The molecule has 0 aliphatic rings. The van der Waals surface area contributed by atoms with Crippen LogP contribution in [0.4, 0.5) is 0 Å². The van der Waals surface area contributed by atoms with E-state index in [1.54, 1.807) is 37.6 Å². The molecule has 0 aliphatic carbocycles. The number of ether oxygens (including phenoxy) is 2. The van der Waals surface area contributed by atoms with E-state index in [9.17, 15) is 4.79 Å². The molecule has 7 nitrogen and oxygen atoms in total. The second-order valence-electron chi connectivity index (χ2n) is 7.42. The van der Waals surface area contributed by atoms with Crippen molar-refractivity contribution in [2.75, 3.05) is 13.7 Å². The van der Waals surface area contributed by atoms with Crippen LogP contribution in [0.3, 0.4) is 0 Å². The Balaban J connectivity index is 1.53. The smallest absolute Gasteiger partial charge is 0.307 e. The van der Waals surface area contributed by atoms with Crippen LogP contribution in [0, 0.1) is 13.8 Å². The van der Waals surface area contributed by atoms with E-state index in [0.717, 1.165) is 33.8 Å². The number of aryl methyl sites for hydroxylation is 1. The lowest BCUT2D eigenvalue weighted by Gasteiger charge is -2.14. The van der Waals surface area contributed by atoms with Crippen LogP contribution in [0.5, 0.6) is 11.5 Å². The van der Waals surface area contributed by atoms with E-state index >= 15 is 0 Å². The fourth-order valence-corrected chi connectivity index (χ4v) is 3.90. The van der Waals surface area contributed by atoms with Gasteiger partial charge in [0.1, 0.15) is 17.1 Å². The van der Waals surface area contributed by atoms with E-state index < -0.39 is 5.91 Å². The molecule has 4 rings (SSSR count). The molecule has 0 unspecified atom stereocenters. The van der Waals surface area contributed by atoms with E-state index in [2.05, 4.69) is 10.5 Å². The average Bonchev–Trinajstić information content (AvgIpc) is 3.34. The van der Waals surface area contributed by atoms with Gasteiger partial charge in [-0.25, -0.2) is 5.43 Å². The number of aromatic nitrogens is 1. The molecule has 0 saturated carbocycles. The minimum atomic E-state index is -0.439. The van der Waals surface area contributed by atoms with Crippen LogP contribution in [0.15, 0.2) is 58.0 Å². The Kier molecular flexibility index (Phi) is 6.42. The lowest BCUT2D eigenvalue weighted by molar-refractivity contribution is 0.0929. The minimum absolute atomic E-state index is 0.171. The Hall–Kier alpha value is -3.71. The summed E-state index contributed by atoms with van der Waals surface area (Å²) in [5.74, 6) is 1.16. The molecule has 1 amide bonds. The molecule has 0 saturated heterocycles. The van der Waals surface area contributed by atoms with Gasteiger partial charge in [-0.15, -0.1) is 0 Å². The molecule has 0 atom stereocenters. The predicted molar refractivity (Wildman–Crippen MR) is 129 cm³/mol. The summed E-state index contributed by atoms with van der Waals surface area (Å²) in [5, 5.41) is 5.52. The number of nitrogens with one attached hydrogen (secondary N) is 1. The van der Waals surface area contributed by atoms with Gasteiger partial charge in [0.2, 0.25) is 0 Å². The lowest BCUT2D eigenvalue weighted by Crippen LogP contribution is -2.16. The summed E-state index contributed by atoms with van der Waals surface area (Å²) in [5.41, 5.74) is 6.71. The molecule has 0 fully saturated rings. The summed E-state index contributed by atoms with van der Waals surface area (Å²) in [7, 11) is 1.62. The number of nitrogens with zero attached hydrogens (tertiary/aromatic N) is 2. The molecule has 2 aromatic carbocycles. The summed E-state index contributed by atoms with van der Waals surface area (Å²) in [6.07, 6.45) is 1.60. The average molecular weight is 466 g/mol. The van der Waals surface area contributed by atoms with Crippen molar-refractivity contribution in [3.8, 4) is 17.2 Å². The molecule has 4 aromatic rings. The van der Waals surface area contributed by atoms with Gasteiger partial charge < -0.3 is 18.5 Å². The minimum Gasteiger partial charge on any atom is -0.495 e. The maximum absolute atomic E-state index is 12.5. The van der Waals surface area contributed by atoms with Crippen molar-refractivity contribution in [3.05, 3.63) is 76.3 Å². The van der Waals surface area contributed by atoms with Gasteiger partial charge in [0.05, 0.1) is 25.6 Å². The Labute approximate surface area is 196 Å². The topological polar surface area (TPSA) is 78.0 Å². The molecule has 2 aromatic heterocycles. The zero-order valence-corrected chi connectivity index (χ0v) is 19.6. The highest BCUT2D eigenvalue weighted by Gasteiger charge is 2.15. The summed E-state index contributed by atoms with van der Waals surface area (Å²) in [6.45, 7) is 6.43. The van der Waals surface area contributed by atoms with Crippen LogP contribution >= 0.6 is 11.6 Å². The van der Waals surface area contributed by atoms with E-state index in [-0.39, 0.29) is 5.76 Å². The van der Waals surface area contributed by atoms with Crippen molar-refractivity contribution < 1.29 is 18.7 Å². The molecular formula is C25H24ClN3O4. The largest absolute Gasteiger partial charge is 0.495 e. The predicted octanol–water partition coefficient (Wildman–Crippen LogP) is 5.66. The summed E-state index contributed by atoms with van der Waals surface area (Å²) in [6, 6.07) is 14.5. The van der Waals surface area contributed by atoms with Crippen molar-refractivity contribution in [2.24, 2.45) is 5.10 Å². The second kappa shape index (κ2) is 9.42. The maximum atomic E-state index is 12.5. The fourth-order valence-electron chi connectivity index (χ4n) is 3.73. The number of hydrogen-bond acceptors (Lipinski definition) is 5. The van der Waals surface area contributed by atoms with Crippen molar-refractivity contribution in [1.29, 1.82) is 0 Å². The quantitative estimate of drug-likeness (QED) is 0.282. The van der Waals surface area contributed by atoms with E-state index in [1.807, 2.05) is 49.6 Å². The molecule has 33 heavy (non-hydrogen) atoms. The van der Waals surface area contributed by atoms with Gasteiger partial charge in [-0.05, 0) is 69.3 Å². The standard InChI is InChI=1S/C25H24ClN3O4/c1-5-32-20-7-9-22-17(11-20)12-24(33-22)25(30)28-27-14-18-10-15(2)29(16(18)3)21-13-19(26)6-8-23(21)31-4/h6-14H,5H2,1-4H3,(H,28,30)/b27-14+. The van der Waals surface area contributed by atoms with Gasteiger partial charge in [-0.1, -0.05) is 11.6 Å². The Morgan fingerprint density at radius 3 is 2.76 bits per heavy atom. The second-order valence-corrected chi connectivity index (χ2v) is 7.86. The molecule has 0 spiro atoms. The van der Waals surface area contributed by atoms with Gasteiger partial charge in [-0.2, -0.15) is 5.10 Å². The van der Waals surface area contributed by atoms with Crippen LogP contribution < -0.4 is 14.9 Å². The monoisotopic (exact) mass is 465 g/mol. The third kappa shape index (κ3) is 4.59. The van der Waals surface area contributed by atoms with Crippen molar-refractivity contribution >= 4 is 34.7 Å². The number of benzene rings is 2. The Morgan fingerprint density at radius 1 is 1.18 bits per heavy atom. The Morgan fingerprint density at radius 2 is 2.00 bits per heavy atom. The molecule has 1 N–H and O–H groups in total. The van der Waals surface area contributed by atoms with E-state index in [4.69, 9.17) is 25.5 Å². The molecule has 2 heterocycles. The number of amides is 1. The third-order valence-electron chi connectivity index (χ3n) is 5.24. The van der Waals surface area contributed by atoms with E-state index in [0.29, 0.717) is 23.0 Å². The first-order chi connectivity index (χ1) is 15.9. The number of rotatable bonds is 7. The number of furan rings is 1. The number of hydrazone groups is 1. The van der Waals surface area contributed by atoms with E-state index in [1.165, 1.54) is 0 Å². The third-order valence-corrected chi connectivity index (χ3v) is 5.48. The van der Waals surface area contributed by atoms with Crippen LogP contribution in [0.2, 0.25) is 5.02 Å². The molecule has 0 bridgehead atoms. The molecular weight excluding hydrogens is 442 g/mol. The lowest BCUT2D eigenvalue weighted by atomic mass is 10.2. The first-order valence-corrected chi connectivity index (χ1v) is 10.8. The molecule has 170 valence electrons. The highest BCUT2D eigenvalue weighted by Crippen LogP contribution is 2.30. The SMILES string of the molecule is CCOc1ccc2oc(C(=O)N/N=C/c3cc(C)n(-c4cc(Cl)ccc4OC)c3C)cc2c1. The number of fused-ring (bicyclic) bond motifs is 1. The van der Waals surface area contributed by atoms with Crippen LogP contribution in [0.1, 0.15) is 34.4 Å². The van der Waals surface area contributed by atoms with Gasteiger partial charge in [-0.3, -0.25) is 4.79 Å². The highest BCUT2D eigenvalue weighted by atomic mass is 35.5. The van der Waals surface area contributed by atoms with Crippen LogP contribution in [-0.4, -0.2) is 30.4 Å². The number of methoxy groups -OCH3 is 1. The van der Waals surface area contributed by atoms with Gasteiger partial charge in [0, 0.05) is 27.4 Å². The molecule has 8 heteroatoms. The summed E-state index contributed by atoms with van der Waals surface area (Å²) >= 11 is 6.21. The summed E-state index contributed by atoms with van der Waals surface area (Å²) < 4.78 is 18.6. The molecule has 0 aliphatic heterocycles. The highest BCUT2D eigenvalue weighted by molar-refractivity contribution is 6.30. The first-order valence-electron chi connectivity index (χ1n) is 10.4. The number of carbonyl (C=O) groups excluding carboxylic acids is 1.